The first kappa shape index (κ1) is 28.5. The van der Waals surface area contributed by atoms with Crippen molar-refractivity contribution in [2.75, 3.05) is 42.4 Å². The standard InChI is InChI=1S/C31H39N3O4S/c1-4-6-9-25-13-15-26(16-14-25)32-39(36,37)27-17-12-24(3)28(23-27)31(35)34-20-18-33(19-21-34)29-10-7-8-11-30(29)38-22-5-2/h7-8,10-17,23,32H,4-6,9,18-22H2,1-3H3. The van der Waals surface area contributed by atoms with Gasteiger partial charge in [0.05, 0.1) is 17.2 Å². The Bertz CT molecular complexity index is 1360. The molecule has 1 aliphatic heterocycles. The van der Waals surface area contributed by atoms with Crippen molar-refractivity contribution in [3.05, 3.63) is 83.4 Å². The third-order valence-electron chi connectivity index (χ3n) is 7.01. The number of nitrogens with zero attached hydrogens (tertiary/aromatic N) is 2. The van der Waals surface area contributed by atoms with E-state index in [2.05, 4.69) is 23.5 Å². The van der Waals surface area contributed by atoms with Crippen molar-refractivity contribution in [1.29, 1.82) is 0 Å². The van der Waals surface area contributed by atoms with Crippen LogP contribution >= 0.6 is 0 Å². The highest BCUT2D eigenvalue weighted by molar-refractivity contribution is 7.92. The minimum absolute atomic E-state index is 0.0761. The van der Waals surface area contributed by atoms with Crippen LogP contribution in [0.5, 0.6) is 5.75 Å². The van der Waals surface area contributed by atoms with E-state index in [0.717, 1.165) is 42.7 Å². The molecule has 0 atom stereocenters. The fraction of sp³-hybridized carbons (Fsp3) is 0.387. The molecule has 7 nitrogen and oxygen atoms in total. The highest BCUT2D eigenvalue weighted by Gasteiger charge is 2.26. The maximum atomic E-state index is 13.5. The van der Waals surface area contributed by atoms with Crippen molar-refractivity contribution in [1.82, 2.24) is 4.90 Å². The van der Waals surface area contributed by atoms with Gasteiger partial charge in [-0.25, -0.2) is 8.42 Å². The summed E-state index contributed by atoms with van der Waals surface area (Å²) in [6.07, 6.45) is 4.12. The molecule has 3 aromatic rings. The molecule has 1 heterocycles. The normalized spacial score (nSPS) is 13.8. The smallest absolute Gasteiger partial charge is 0.261 e. The van der Waals surface area contributed by atoms with Crippen LogP contribution < -0.4 is 14.4 Å². The summed E-state index contributed by atoms with van der Waals surface area (Å²) in [5.41, 5.74) is 3.88. The van der Waals surface area contributed by atoms with Crippen LogP contribution in [0.2, 0.25) is 0 Å². The van der Waals surface area contributed by atoms with Crippen molar-refractivity contribution < 1.29 is 17.9 Å². The van der Waals surface area contributed by atoms with Crippen molar-refractivity contribution >= 4 is 27.3 Å². The van der Waals surface area contributed by atoms with E-state index in [4.69, 9.17) is 4.74 Å². The molecule has 1 N–H and O–H groups in total. The third kappa shape index (κ3) is 7.12. The quantitative estimate of drug-likeness (QED) is 0.323. The number of hydrogen-bond donors (Lipinski definition) is 1. The fourth-order valence-electron chi connectivity index (χ4n) is 4.71. The maximum Gasteiger partial charge on any atom is 0.261 e. The predicted molar refractivity (Wildman–Crippen MR) is 157 cm³/mol. The van der Waals surface area contributed by atoms with Gasteiger partial charge in [-0.15, -0.1) is 0 Å². The molecular weight excluding hydrogens is 510 g/mol. The van der Waals surface area contributed by atoms with Gasteiger partial charge in [0.1, 0.15) is 5.75 Å². The van der Waals surface area contributed by atoms with Gasteiger partial charge in [-0.2, -0.15) is 0 Å². The molecule has 0 aromatic heterocycles. The number of amides is 1. The molecule has 39 heavy (non-hydrogen) atoms. The van der Waals surface area contributed by atoms with Crippen LogP contribution in [0.15, 0.2) is 71.6 Å². The zero-order chi connectivity index (χ0) is 27.8. The second-order valence-electron chi connectivity index (χ2n) is 9.98. The summed E-state index contributed by atoms with van der Waals surface area (Å²) < 4.78 is 34.9. The maximum absolute atomic E-state index is 13.5. The number of sulfonamides is 1. The average molecular weight is 550 g/mol. The van der Waals surface area contributed by atoms with Crippen LogP contribution in [-0.4, -0.2) is 52.0 Å². The SMILES string of the molecule is CCCCc1ccc(NS(=O)(=O)c2ccc(C)c(C(=O)N3CCN(c4ccccc4OCCC)CC3)c2)cc1. The molecule has 0 spiro atoms. The van der Waals surface area contributed by atoms with Gasteiger partial charge in [-0.1, -0.05) is 50.6 Å². The van der Waals surface area contributed by atoms with Gasteiger partial charge in [0.2, 0.25) is 0 Å². The highest BCUT2D eigenvalue weighted by Crippen LogP contribution is 2.29. The monoisotopic (exact) mass is 549 g/mol. The van der Waals surface area contributed by atoms with E-state index in [1.165, 1.54) is 11.6 Å². The average Bonchev–Trinajstić information content (AvgIpc) is 2.95. The lowest BCUT2D eigenvalue weighted by atomic mass is 10.1. The summed E-state index contributed by atoms with van der Waals surface area (Å²) in [6, 6.07) is 20.2. The summed E-state index contributed by atoms with van der Waals surface area (Å²) in [6.45, 7) is 9.15. The number of hydrogen-bond acceptors (Lipinski definition) is 5. The van der Waals surface area contributed by atoms with Crippen molar-refractivity contribution in [3.8, 4) is 5.75 Å². The molecule has 1 amide bonds. The topological polar surface area (TPSA) is 79.0 Å². The number of ether oxygens (including phenoxy) is 1. The lowest BCUT2D eigenvalue weighted by Crippen LogP contribution is -2.49. The van der Waals surface area contributed by atoms with E-state index in [1.54, 1.807) is 29.2 Å². The molecule has 0 aliphatic carbocycles. The molecule has 1 fully saturated rings. The molecule has 0 bridgehead atoms. The minimum atomic E-state index is -3.85. The van der Waals surface area contributed by atoms with Gasteiger partial charge >= 0.3 is 0 Å². The van der Waals surface area contributed by atoms with E-state index >= 15 is 0 Å². The second-order valence-corrected chi connectivity index (χ2v) is 11.7. The van der Waals surface area contributed by atoms with Gasteiger partial charge in [-0.3, -0.25) is 9.52 Å². The highest BCUT2D eigenvalue weighted by atomic mass is 32.2. The first-order valence-electron chi connectivity index (χ1n) is 13.8. The predicted octanol–water partition coefficient (Wildman–Crippen LogP) is 5.89. The third-order valence-corrected chi connectivity index (χ3v) is 8.39. The van der Waals surface area contributed by atoms with Crippen LogP contribution in [0.25, 0.3) is 0 Å². The Labute approximate surface area is 232 Å². The number of anilines is 2. The van der Waals surface area contributed by atoms with Crippen LogP contribution in [0.3, 0.4) is 0 Å². The zero-order valence-corrected chi connectivity index (χ0v) is 24.0. The zero-order valence-electron chi connectivity index (χ0n) is 23.2. The fourth-order valence-corrected chi connectivity index (χ4v) is 5.79. The van der Waals surface area contributed by atoms with Gasteiger partial charge in [0.25, 0.3) is 15.9 Å². The van der Waals surface area contributed by atoms with Crippen LogP contribution in [-0.2, 0) is 16.4 Å². The Morgan fingerprint density at radius 2 is 1.64 bits per heavy atom. The van der Waals surface area contributed by atoms with Crippen LogP contribution in [0, 0.1) is 6.92 Å². The number of carbonyl (C=O) groups excluding carboxylic acids is 1. The van der Waals surface area contributed by atoms with Gasteiger partial charge in [0.15, 0.2) is 0 Å². The van der Waals surface area contributed by atoms with Crippen molar-refractivity contribution in [3.63, 3.8) is 0 Å². The number of nitrogens with one attached hydrogen (secondary N) is 1. The number of aryl methyl sites for hydroxylation is 2. The van der Waals surface area contributed by atoms with Gasteiger partial charge in [-0.05, 0) is 73.7 Å². The molecule has 0 unspecified atom stereocenters. The van der Waals surface area contributed by atoms with Gasteiger partial charge < -0.3 is 14.5 Å². The van der Waals surface area contributed by atoms with Crippen LogP contribution in [0.4, 0.5) is 11.4 Å². The first-order chi connectivity index (χ1) is 18.8. The van der Waals surface area contributed by atoms with Crippen LogP contribution in [0.1, 0.15) is 54.6 Å². The molecule has 208 valence electrons. The molecule has 0 radical (unpaired) electrons. The lowest BCUT2D eigenvalue weighted by molar-refractivity contribution is 0.0745. The summed E-state index contributed by atoms with van der Waals surface area (Å²) in [5.74, 6) is 0.705. The summed E-state index contributed by atoms with van der Waals surface area (Å²) in [7, 11) is -3.85. The second kappa shape index (κ2) is 13.0. The molecule has 1 aliphatic rings. The largest absolute Gasteiger partial charge is 0.491 e. The number of para-hydroxylation sites is 2. The van der Waals surface area contributed by atoms with E-state index < -0.39 is 10.0 Å². The summed E-state index contributed by atoms with van der Waals surface area (Å²) in [5, 5.41) is 0. The number of unbranched alkanes of at least 4 members (excludes halogenated alkanes) is 1. The van der Waals surface area contributed by atoms with Crippen molar-refractivity contribution in [2.45, 2.75) is 51.3 Å². The Morgan fingerprint density at radius 3 is 2.33 bits per heavy atom. The Hall–Kier alpha value is -3.52. The van der Waals surface area contributed by atoms with Gasteiger partial charge in [0, 0.05) is 37.4 Å². The van der Waals surface area contributed by atoms with E-state index in [9.17, 15) is 13.2 Å². The molecule has 1 saturated heterocycles. The van der Waals surface area contributed by atoms with E-state index in [0.29, 0.717) is 44.0 Å². The van der Waals surface area contributed by atoms with E-state index in [1.807, 2.05) is 43.3 Å². The van der Waals surface area contributed by atoms with E-state index in [-0.39, 0.29) is 10.8 Å². The Balaban J connectivity index is 1.44. The Kier molecular flexibility index (Phi) is 9.51. The summed E-state index contributed by atoms with van der Waals surface area (Å²) >= 11 is 0. The van der Waals surface area contributed by atoms with Crippen molar-refractivity contribution in [2.24, 2.45) is 0 Å². The molecule has 8 heteroatoms. The first-order valence-corrected chi connectivity index (χ1v) is 15.3. The number of rotatable bonds is 11. The summed E-state index contributed by atoms with van der Waals surface area (Å²) in [4.78, 5) is 17.6. The molecule has 0 saturated carbocycles. The molecular formula is C31H39N3O4S. The number of benzene rings is 3. The number of carbonyl (C=O) groups is 1. The number of piperazine rings is 1. The molecule has 4 rings (SSSR count). The Morgan fingerprint density at radius 1 is 0.923 bits per heavy atom. The molecule has 3 aromatic carbocycles. The minimum Gasteiger partial charge on any atom is -0.491 e. The lowest BCUT2D eigenvalue weighted by Gasteiger charge is -2.37.